The maximum absolute atomic E-state index is 6.66. The van der Waals surface area contributed by atoms with Gasteiger partial charge in [-0.05, 0) is 12.8 Å². The van der Waals surface area contributed by atoms with E-state index in [0.717, 1.165) is 13.0 Å². The molecular formula is C6H10N2. The van der Waals surface area contributed by atoms with E-state index in [-0.39, 0.29) is 6.17 Å². The fourth-order valence-corrected chi connectivity index (χ4v) is 0.944. The van der Waals surface area contributed by atoms with Crippen LogP contribution in [0, 0.1) is 6.57 Å². The van der Waals surface area contributed by atoms with Gasteiger partial charge < -0.3 is 0 Å². The fourth-order valence-electron chi connectivity index (χ4n) is 0.944. The van der Waals surface area contributed by atoms with Crippen molar-refractivity contribution in [3.63, 3.8) is 0 Å². The Morgan fingerprint density at radius 3 is 2.75 bits per heavy atom. The number of hydrogen-bond acceptors (Lipinski definition) is 1. The molecule has 0 aliphatic carbocycles. The van der Waals surface area contributed by atoms with Crippen molar-refractivity contribution in [1.82, 2.24) is 5.32 Å². The quantitative estimate of drug-likeness (QED) is 0.460. The molecule has 8 heavy (non-hydrogen) atoms. The summed E-state index contributed by atoms with van der Waals surface area (Å²) in [7, 11) is 0. The monoisotopic (exact) mass is 110 g/mol. The zero-order valence-corrected chi connectivity index (χ0v) is 4.85. The van der Waals surface area contributed by atoms with E-state index in [1.165, 1.54) is 12.8 Å². The summed E-state index contributed by atoms with van der Waals surface area (Å²) in [6.45, 7) is 7.69. The Hall–Kier alpha value is -0.550. The molecule has 0 aromatic rings. The summed E-state index contributed by atoms with van der Waals surface area (Å²) in [6, 6.07) is 0. The Balaban J connectivity index is 2.25. The highest BCUT2D eigenvalue weighted by Gasteiger charge is 2.13. The molecule has 0 bridgehead atoms. The highest BCUT2D eigenvalue weighted by molar-refractivity contribution is 4.78. The number of nitrogens with zero attached hydrogens (tertiary/aromatic N) is 1. The minimum atomic E-state index is 0.128. The van der Waals surface area contributed by atoms with Crippen molar-refractivity contribution in [3.8, 4) is 0 Å². The number of nitrogens with one attached hydrogen (secondary N) is 1. The van der Waals surface area contributed by atoms with Gasteiger partial charge in [0.05, 0.1) is 0 Å². The third-order valence-corrected chi connectivity index (χ3v) is 1.44. The van der Waals surface area contributed by atoms with Gasteiger partial charge in [0.15, 0.2) is 0 Å². The van der Waals surface area contributed by atoms with Gasteiger partial charge in [-0.1, -0.05) is 0 Å². The number of rotatable bonds is 0. The second-order valence-electron chi connectivity index (χ2n) is 2.09. The van der Waals surface area contributed by atoms with E-state index in [4.69, 9.17) is 6.57 Å². The van der Waals surface area contributed by atoms with E-state index in [0.29, 0.717) is 0 Å². The van der Waals surface area contributed by atoms with Crippen LogP contribution in [0.5, 0.6) is 0 Å². The van der Waals surface area contributed by atoms with Crippen LogP contribution in [0.3, 0.4) is 0 Å². The molecule has 2 heteroatoms. The summed E-state index contributed by atoms with van der Waals surface area (Å²) < 4.78 is 0. The van der Waals surface area contributed by atoms with Crippen LogP contribution >= 0.6 is 0 Å². The largest absolute Gasteiger partial charge is 0.296 e. The molecule has 0 amide bonds. The van der Waals surface area contributed by atoms with Crippen molar-refractivity contribution in [1.29, 1.82) is 0 Å². The molecule has 1 atom stereocenters. The summed E-state index contributed by atoms with van der Waals surface area (Å²) in [4.78, 5) is 3.39. The molecule has 0 saturated carbocycles. The van der Waals surface area contributed by atoms with Crippen molar-refractivity contribution in [3.05, 3.63) is 11.4 Å². The molecule has 0 unspecified atom stereocenters. The first-order chi connectivity index (χ1) is 3.93. The Kier molecular flexibility index (Phi) is 1.87. The van der Waals surface area contributed by atoms with E-state index in [2.05, 4.69) is 10.2 Å². The van der Waals surface area contributed by atoms with Crippen molar-refractivity contribution >= 4 is 0 Å². The number of hydrogen-bond donors (Lipinski definition) is 1. The summed E-state index contributed by atoms with van der Waals surface area (Å²) in [5.41, 5.74) is 0. The Morgan fingerprint density at radius 2 is 2.38 bits per heavy atom. The number of piperidine rings is 1. The zero-order chi connectivity index (χ0) is 5.82. The maximum atomic E-state index is 6.66. The minimum Gasteiger partial charge on any atom is -0.296 e. The molecule has 0 aromatic heterocycles. The molecule has 0 radical (unpaired) electrons. The standard InChI is InChI=1S/C6H10N2/c1-7-6-4-2-3-5-8-6/h6,8H,2-5H2/t6-/m0/s1. The lowest BCUT2D eigenvalue weighted by Gasteiger charge is -2.12. The summed E-state index contributed by atoms with van der Waals surface area (Å²) in [5, 5.41) is 3.11. The molecule has 1 rings (SSSR count). The van der Waals surface area contributed by atoms with Crippen LogP contribution < -0.4 is 5.32 Å². The summed E-state index contributed by atoms with van der Waals surface area (Å²) >= 11 is 0. The minimum absolute atomic E-state index is 0.128. The molecule has 2 nitrogen and oxygen atoms in total. The van der Waals surface area contributed by atoms with Crippen LogP contribution in [0.25, 0.3) is 4.85 Å². The summed E-state index contributed by atoms with van der Waals surface area (Å²) in [6.07, 6.45) is 3.64. The van der Waals surface area contributed by atoms with Crippen molar-refractivity contribution in [2.24, 2.45) is 0 Å². The van der Waals surface area contributed by atoms with Gasteiger partial charge in [-0.15, -0.1) is 0 Å². The third-order valence-electron chi connectivity index (χ3n) is 1.44. The predicted molar refractivity (Wildman–Crippen MR) is 32.2 cm³/mol. The van der Waals surface area contributed by atoms with E-state index in [1.54, 1.807) is 0 Å². The van der Waals surface area contributed by atoms with E-state index >= 15 is 0 Å². The van der Waals surface area contributed by atoms with Gasteiger partial charge in [0.25, 0.3) is 6.17 Å². The average molecular weight is 110 g/mol. The maximum Gasteiger partial charge on any atom is 0.277 e. The molecule has 1 saturated heterocycles. The predicted octanol–water partition coefficient (Wildman–Crippen LogP) is 1.01. The van der Waals surface area contributed by atoms with Crippen molar-refractivity contribution < 1.29 is 0 Å². The van der Waals surface area contributed by atoms with Crippen LogP contribution in [0.1, 0.15) is 19.3 Å². The van der Waals surface area contributed by atoms with Gasteiger partial charge in [-0.2, -0.15) is 0 Å². The molecule has 1 aliphatic heterocycles. The van der Waals surface area contributed by atoms with Gasteiger partial charge in [0.2, 0.25) is 0 Å². The van der Waals surface area contributed by atoms with E-state index in [1.807, 2.05) is 0 Å². The molecule has 1 N–H and O–H groups in total. The van der Waals surface area contributed by atoms with Crippen LogP contribution in [0.2, 0.25) is 0 Å². The van der Waals surface area contributed by atoms with Crippen molar-refractivity contribution in [2.45, 2.75) is 25.4 Å². The fraction of sp³-hybridized carbons (Fsp3) is 0.833. The van der Waals surface area contributed by atoms with Gasteiger partial charge in [-0.25, -0.2) is 11.9 Å². The molecule has 0 aromatic carbocycles. The Morgan fingerprint density at radius 1 is 1.50 bits per heavy atom. The molecule has 1 fully saturated rings. The molecule has 1 heterocycles. The second kappa shape index (κ2) is 2.68. The van der Waals surface area contributed by atoms with Crippen LogP contribution in [-0.4, -0.2) is 12.7 Å². The van der Waals surface area contributed by atoms with Gasteiger partial charge >= 0.3 is 0 Å². The first kappa shape index (κ1) is 5.58. The van der Waals surface area contributed by atoms with E-state index < -0.39 is 0 Å². The first-order valence-electron chi connectivity index (χ1n) is 3.03. The Bertz CT molecular complexity index is 97.6. The molecule has 44 valence electrons. The molecule has 1 aliphatic rings. The summed E-state index contributed by atoms with van der Waals surface area (Å²) in [5.74, 6) is 0. The van der Waals surface area contributed by atoms with Gasteiger partial charge in [-0.3, -0.25) is 4.85 Å². The van der Waals surface area contributed by atoms with Crippen LogP contribution in [0.15, 0.2) is 0 Å². The lowest BCUT2D eigenvalue weighted by atomic mass is 10.1. The molecule has 0 spiro atoms. The average Bonchev–Trinajstić information content (AvgIpc) is 1.90. The second-order valence-corrected chi connectivity index (χ2v) is 2.09. The van der Waals surface area contributed by atoms with Crippen LogP contribution in [-0.2, 0) is 0 Å². The smallest absolute Gasteiger partial charge is 0.277 e. The first-order valence-corrected chi connectivity index (χ1v) is 3.03. The SMILES string of the molecule is [C-]#[N+][C@@H]1CCCCN1. The lowest BCUT2D eigenvalue weighted by Crippen LogP contribution is -2.30. The van der Waals surface area contributed by atoms with E-state index in [9.17, 15) is 0 Å². The highest BCUT2D eigenvalue weighted by Crippen LogP contribution is 2.06. The van der Waals surface area contributed by atoms with Crippen LogP contribution in [0.4, 0.5) is 0 Å². The zero-order valence-electron chi connectivity index (χ0n) is 4.85. The van der Waals surface area contributed by atoms with Gasteiger partial charge in [0.1, 0.15) is 0 Å². The Labute approximate surface area is 49.7 Å². The van der Waals surface area contributed by atoms with Crippen molar-refractivity contribution in [2.75, 3.05) is 6.54 Å². The normalized spacial score (nSPS) is 29.1. The topological polar surface area (TPSA) is 16.4 Å². The highest BCUT2D eigenvalue weighted by atomic mass is 15.0. The lowest BCUT2D eigenvalue weighted by molar-refractivity contribution is 0.452. The van der Waals surface area contributed by atoms with Gasteiger partial charge in [0, 0.05) is 13.0 Å². The molecular weight excluding hydrogens is 100 g/mol. The third kappa shape index (κ3) is 1.21.